The number of likely N-dealkylation sites (N-methyl/N-ethyl adjacent to an activating group) is 1. The standard InChI is InChI=1S/C36H39N5O4/c1-38(35(42)27-9-3-2-4-10-27)24-29(28-14-15-33-34(23-28)45-26-44-33)16-19-39-17-8-18-40(21-20-39)36-37-31-12-5-6-13-32(31)41(36)25-30-11-7-22-43-30/h2-7,9-15,22-23,29H,8,16-21,24-26H2,1H3. The third-order valence-corrected chi connectivity index (χ3v) is 8.92. The number of benzene rings is 3. The van der Waals surface area contributed by atoms with Crippen LogP contribution in [0.4, 0.5) is 5.95 Å². The van der Waals surface area contributed by atoms with Crippen molar-refractivity contribution >= 4 is 22.9 Å². The summed E-state index contributed by atoms with van der Waals surface area (Å²) >= 11 is 0. The van der Waals surface area contributed by atoms with Crippen molar-refractivity contribution in [1.29, 1.82) is 0 Å². The highest BCUT2D eigenvalue weighted by atomic mass is 16.7. The maximum atomic E-state index is 13.3. The highest BCUT2D eigenvalue weighted by molar-refractivity contribution is 5.94. The average molecular weight is 606 g/mol. The van der Waals surface area contributed by atoms with E-state index >= 15 is 0 Å². The zero-order chi connectivity index (χ0) is 30.6. The monoisotopic (exact) mass is 605 g/mol. The van der Waals surface area contributed by atoms with E-state index in [0.29, 0.717) is 18.7 Å². The van der Waals surface area contributed by atoms with Gasteiger partial charge < -0.3 is 33.2 Å². The summed E-state index contributed by atoms with van der Waals surface area (Å²) in [5.41, 5.74) is 3.98. The van der Waals surface area contributed by atoms with E-state index in [1.807, 2.05) is 66.5 Å². The fraction of sp³-hybridized carbons (Fsp3) is 0.333. The van der Waals surface area contributed by atoms with Crippen molar-refractivity contribution in [2.24, 2.45) is 0 Å². The van der Waals surface area contributed by atoms with Crippen LogP contribution >= 0.6 is 0 Å². The Hall–Kier alpha value is -4.76. The number of carbonyl (C=O) groups is 1. The first-order valence-corrected chi connectivity index (χ1v) is 15.8. The van der Waals surface area contributed by atoms with Gasteiger partial charge in [0.2, 0.25) is 12.7 Å². The molecule has 3 aromatic carbocycles. The Morgan fingerprint density at radius 1 is 0.911 bits per heavy atom. The van der Waals surface area contributed by atoms with Gasteiger partial charge in [0.25, 0.3) is 5.91 Å². The Balaban J connectivity index is 1.05. The van der Waals surface area contributed by atoms with Crippen LogP contribution in [-0.2, 0) is 6.54 Å². The van der Waals surface area contributed by atoms with E-state index in [1.54, 1.807) is 6.26 Å². The topological polar surface area (TPSA) is 76.2 Å². The minimum absolute atomic E-state index is 0.0317. The number of ether oxygens (including phenoxy) is 2. The Morgan fingerprint density at radius 2 is 1.76 bits per heavy atom. The van der Waals surface area contributed by atoms with Gasteiger partial charge in [0.05, 0.1) is 23.8 Å². The molecular formula is C36H39N5O4. The van der Waals surface area contributed by atoms with Crippen molar-refractivity contribution in [2.45, 2.75) is 25.3 Å². The van der Waals surface area contributed by atoms with Crippen molar-refractivity contribution in [3.63, 3.8) is 0 Å². The van der Waals surface area contributed by atoms with E-state index < -0.39 is 0 Å². The number of hydrogen-bond acceptors (Lipinski definition) is 7. The van der Waals surface area contributed by atoms with Gasteiger partial charge >= 0.3 is 0 Å². The summed E-state index contributed by atoms with van der Waals surface area (Å²) in [6, 6.07) is 28.0. The van der Waals surface area contributed by atoms with Crippen LogP contribution in [0.15, 0.2) is 95.6 Å². The fourth-order valence-corrected chi connectivity index (χ4v) is 6.50. The quantitative estimate of drug-likeness (QED) is 0.197. The predicted octanol–water partition coefficient (Wildman–Crippen LogP) is 5.86. The summed E-state index contributed by atoms with van der Waals surface area (Å²) in [6.07, 6.45) is 3.69. The first-order chi connectivity index (χ1) is 22.1. The van der Waals surface area contributed by atoms with Crippen LogP contribution in [0.3, 0.4) is 0 Å². The normalized spacial score (nSPS) is 15.7. The highest BCUT2D eigenvalue weighted by Crippen LogP contribution is 2.36. The Morgan fingerprint density at radius 3 is 2.62 bits per heavy atom. The second kappa shape index (κ2) is 13.1. The molecule has 0 bridgehead atoms. The molecule has 2 aliphatic heterocycles. The molecular weight excluding hydrogens is 566 g/mol. The van der Waals surface area contributed by atoms with E-state index in [2.05, 4.69) is 44.7 Å². The summed E-state index contributed by atoms with van der Waals surface area (Å²) in [5, 5.41) is 0. The first kappa shape index (κ1) is 29.0. The van der Waals surface area contributed by atoms with E-state index in [9.17, 15) is 4.79 Å². The van der Waals surface area contributed by atoms with Gasteiger partial charge in [0.1, 0.15) is 5.76 Å². The molecule has 0 aliphatic carbocycles. The Kier molecular flexibility index (Phi) is 8.42. The molecule has 9 heteroatoms. The van der Waals surface area contributed by atoms with Crippen molar-refractivity contribution in [3.8, 4) is 11.5 Å². The number of furan rings is 1. The van der Waals surface area contributed by atoms with Crippen LogP contribution in [-0.4, -0.2) is 78.4 Å². The zero-order valence-electron chi connectivity index (χ0n) is 25.7. The van der Waals surface area contributed by atoms with Crippen LogP contribution in [0, 0.1) is 0 Å². The summed E-state index contributed by atoms with van der Waals surface area (Å²) in [4.78, 5) is 25.2. The molecule has 1 unspecified atom stereocenters. The third kappa shape index (κ3) is 6.40. The summed E-state index contributed by atoms with van der Waals surface area (Å²) in [7, 11) is 1.90. The molecule has 1 fully saturated rings. The number of carbonyl (C=O) groups excluding carboxylic acids is 1. The average Bonchev–Trinajstić information content (AvgIpc) is 3.81. The molecule has 0 radical (unpaired) electrons. The molecule has 9 nitrogen and oxygen atoms in total. The molecule has 1 saturated heterocycles. The largest absolute Gasteiger partial charge is 0.467 e. The predicted molar refractivity (Wildman–Crippen MR) is 174 cm³/mol. The van der Waals surface area contributed by atoms with Crippen molar-refractivity contribution < 1.29 is 18.7 Å². The van der Waals surface area contributed by atoms with Crippen molar-refractivity contribution in [1.82, 2.24) is 19.4 Å². The lowest BCUT2D eigenvalue weighted by Crippen LogP contribution is -2.35. The van der Waals surface area contributed by atoms with Crippen LogP contribution in [0.1, 0.15) is 40.4 Å². The van der Waals surface area contributed by atoms with Crippen molar-refractivity contribution in [2.75, 3.05) is 58.0 Å². The fourth-order valence-electron chi connectivity index (χ4n) is 6.50. The van der Waals surface area contributed by atoms with Crippen LogP contribution < -0.4 is 14.4 Å². The van der Waals surface area contributed by atoms with Gasteiger partial charge in [-0.3, -0.25) is 4.79 Å². The van der Waals surface area contributed by atoms with Gasteiger partial charge in [-0.1, -0.05) is 36.4 Å². The number of rotatable bonds is 10. The molecule has 1 atom stereocenters. The molecule has 2 aromatic heterocycles. The molecule has 2 aliphatic rings. The van der Waals surface area contributed by atoms with Gasteiger partial charge in [-0.05, 0) is 80.0 Å². The SMILES string of the molecule is CN(CC(CCN1CCCN(c2nc3ccccc3n2Cc2ccco2)CC1)c1ccc2c(c1)OCO2)C(=O)c1ccccc1. The minimum atomic E-state index is 0.0317. The number of imidazole rings is 1. The van der Waals surface area contributed by atoms with Gasteiger partial charge in [-0.25, -0.2) is 4.98 Å². The number of hydrogen-bond donors (Lipinski definition) is 0. The maximum Gasteiger partial charge on any atom is 0.253 e. The van der Waals surface area contributed by atoms with E-state index in [4.69, 9.17) is 18.9 Å². The highest BCUT2D eigenvalue weighted by Gasteiger charge is 2.25. The first-order valence-electron chi connectivity index (χ1n) is 15.8. The van der Waals surface area contributed by atoms with E-state index in [-0.39, 0.29) is 18.6 Å². The van der Waals surface area contributed by atoms with E-state index in [0.717, 1.165) is 85.4 Å². The Bertz CT molecular complexity index is 1740. The second-order valence-electron chi connectivity index (χ2n) is 11.9. The van der Waals surface area contributed by atoms with Gasteiger partial charge in [0.15, 0.2) is 11.5 Å². The molecule has 0 spiro atoms. The smallest absolute Gasteiger partial charge is 0.253 e. The second-order valence-corrected chi connectivity index (χ2v) is 11.9. The Labute approximate surface area is 263 Å². The van der Waals surface area contributed by atoms with Gasteiger partial charge in [-0.15, -0.1) is 0 Å². The lowest BCUT2D eigenvalue weighted by Gasteiger charge is -2.28. The summed E-state index contributed by atoms with van der Waals surface area (Å²) < 4.78 is 19.3. The third-order valence-electron chi connectivity index (χ3n) is 8.92. The number of para-hydroxylation sites is 2. The molecule has 5 aromatic rings. The molecule has 0 saturated carbocycles. The van der Waals surface area contributed by atoms with Crippen LogP contribution in [0.25, 0.3) is 11.0 Å². The van der Waals surface area contributed by atoms with Crippen LogP contribution in [0.5, 0.6) is 11.5 Å². The van der Waals surface area contributed by atoms with Gasteiger partial charge in [-0.2, -0.15) is 0 Å². The molecule has 7 rings (SSSR count). The zero-order valence-corrected chi connectivity index (χ0v) is 25.7. The van der Waals surface area contributed by atoms with Crippen LogP contribution in [0.2, 0.25) is 0 Å². The minimum Gasteiger partial charge on any atom is -0.467 e. The molecule has 232 valence electrons. The maximum absolute atomic E-state index is 13.3. The number of nitrogens with zero attached hydrogens (tertiary/aromatic N) is 5. The number of amides is 1. The lowest BCUT2D eigenvalue weighted by molar-refractivity contribution is 0.0782. The van der Waals surface area contributed by atoms with Crippen molar-refractivity contribution in [3.05, 3.63) is 108 Å². The number of fused-ring (bicyclic) bond motifs is 2. The van der Waals surface area contributed by atoms with Gasteiger partial charge in [0, 0.05) is 44.7 Å². The summed E-state index contributed by atoms with van der Waals surface area (Å²) in [6.45, 7) is 6.23. The number of anilines is 1. The van der Waals surface area contributed by atoms with E-state index in [1.165, 1.54) is 0 Å². The molecule has 4 heterocycles. The summed E-state index contributed by atoms with van der Waals surface area (Å²) in [5.74, 6) is 3.64. The molecule has 45 heavy (non-hydrogen) atoms. The lowest BCUT2D eigenvalue weighted by atomic mass is 9.94. The molecule has 0 N–H and O–H groups in total. The molecule has 1 amide bonds. The number of aromatic nitrogens is 2.